The van der Waals surface area contributed by atoms with Crippen molar-refractivity contribution in [1.29, 1.82) is 5.26 Å². The first-order valence-corrected chi connectivity index (χ1v) is 5.28. The number of nitriles is 1. The highest BCUT2D eigenvalue weighted by Crippen LogP contribution is 2.37. The number of hydrogen-bond acceptors (Lipinski definition) is 4. The van der Waals surface area contributed by atoms with Crippen LogP contribution in [0.1, 0.15) is 28.4 Å². The molecule has 0 radical (unpaired) electrons. The Morgan fingerprint density at radius 1 is 1.50 bits per heavy atom. The monoisotopic (exact) mass is 275 g/mol. The lowest BCUT2D eigenvalue weighted by atomic mass is 10.0. The standard InChI is InChI=1S/C11H8F3NO2S/c1-2-17-10(16)8-7(18)4-3-6(5-15)9(8)11(12,13)14/h3-4,18H,2H2,1H3. The number of rotatable bonds is 2. The summed E-state index contributed by atoms with van der Waals surface area (Å²) in [6.45, 7) is 1.40. The predicted molar refractivity (Wildman–Crippen MR) is 59.4 cm³/mol. The molecule has 18 heavy (non-hydrogen) atoms. The van der Waals surface area contributed by atoms with Gasteiger partial charge in [-0.1, -0.05) is 0 Å². The van der Waals surface area contributed by atoms with Crippen molar-refractivity contribution < 1.29 is 22.7 Å². The van der Waals surface area contributed by atoms with Crippen molar-refractivity contribution in [2.75, 3.05) is 6.61 Å². The van der Waals surface area contributed by atoms with Crippen LogP contribution in [0.5, 0.6) is 0 Å². The van der Waals surface area contributed by atoms with Crippen LogP contribution in [0.3, 0.4) is 0 Å². The molecular weight excluding hydrogens is 267 g/mol. The Kier molecular flexibility index (Phi) is 4.24. The molecule has 1 rings (SSSR count). The highest BCUT2D eigenvalue weighted by molar-refractivity contribution is 7.80. The molecule has 0 aromatic heterocycles. The Hall–Kier alpha value is -1.68. The molecule has 0 heterocycles. The molecule has 1 aromatic rings. The first-order valence-electron chi connectivity index (χ1n) is 4.83. The third kappa shape index (κ3) is 2.76. The van der Waals surface area contributed by atoms with Gasteiger partial charge in [0.1, 0.15) is 0 Å². The molecule has 0 saturated carbocycles. The van der Waals surface area contributed by atoms with E-state index < -0.39 is 28.8 Å². The zero-order valence-electron chi connectivity index (χ0n) is 9.21. The molecule has 0 N–H and O–H groups in total. The number of halogens is 3. The highest BCUT2D eigenvalue weighted by Gasteiger charge is 2.39. The fourth-order valence-corrected chi connectivity index (χ4v) is 1.67. The summed E-state index contributed by atoms with van der Waals surface area (Å²) in [7, 11) is 0. The second-order valence-corrected chi connectivity index (χ2v) is 3.69. The van der Waals surface area contributed by atoms with Crippen molar-refractivity contribution in [3.05, 3.63) is 28.8 Å². The maximum Gasteiger partial charge on any atom is 0.418 e. The molecule has 0 aliphatic carbocycles. The number of carbonyl (C=O) groups is 1. The quantitative estimate of drug-likeness (QED) is 0.666. The molecule has 0 aliphatic heterocycles. The van der Waals surface area contributed by atoms with Crippen LogP contribution >= 0.6 is 12.6 Å². The van der Waals surface area contributed by atoms with Gasteiger partial charge in [-0.05, 0) is 19.1 Å². The Morgan fingerprint density at radius 2 is 2.11 bits per heavy atom. The third-order valence-electron chi connectivity index (χ3n) is 2.07. The van der Waals surface area contributed by atoms with Gasteiger partial charge in [-0.15, -0.1) is 12.6 Å². The van der Waals surface area contributed by atoms with Gasteiger partial charge in [0.15, 0.2) is 0 Å². The topological polar surface area (TPSA) is 50.1 Å². The third-order valence-corrected chi connectivity index (χ3v) is 2.44. The minimum Gasteiger partial charge on any atom is -0.462 e. The molecule has 7 heteroatoms. The van der Waals surface area contributed by atoms with Gasteiger partial charge in [-0.3, -0.25) is 0 Å². The van der Waals surface area contributed by atoms with Gasteiger partial charge in [0.25, 0.3) is 0 Å². The number of ether oxygens (including phenoxy) is 1. The van der Waals surface area contributed by atoms with E-state index in [2.05, 4.69) is 17.4 Å². The van der Waals surface area contributed by atoms with Gasteiger partial charge in [0, 0.05) is 4.90 Å². The number of benzene rings is 1. The lowest BCUT2D eigenvalue weighted by molar-refractivity contribution is -0.138. The minimum atomic E-state index is -4.83. The van der Waals surface area contributed by atoms with Crippen LogP contribution in [0.4, 0.5) is 13.2 Å². The predicted octanol–water partition coefficient (Wildman–Crippen LogP) is 3.04. The van der Waals surface area contributed by atoms with Gasteiger partial charge in [-0.25, -0.2) is 4.79 Å². The van der Waals surface area contributed by atoms with Gasteiger partial charge < -0.3 is 4.74 Å². The molecule has 0 atom stereocenters. The summed E-state index contributed by atoms with van der Waals surface area (Å²) in [4.78, 5) is 11.3. The summed E-state index contributed by atoms with van der Waals surface area (Å²) in [6, 6.07) is 3.53. The van der Waals surface area contributed by atoms with Gasteiger partial charge in [-0.2, -0.15) is 18.4 Å². The van der Waals surface area contributed by atoms with Crippen molar-refractivity contribution in [2.24, 2.45) is 0 Å². The van der Waals surface area contributed by atoms with Gasteiger partial charge in [0.2, 0.25) is 0 Å². The first-order chi connectivity index (χ1) is 8.32. The maximum atomic E-state index is 12.9. The van der Waals surface area contributed by atoms with Crippen molar-refractivity contribution in [3.8, 4) is 6.07 Å². The molecular formula is C11H8F3NO2S. The average Bonchev–Trinajstić information content (AvgIpc) is 2.27. The lowest BCUT2D eigenvalue weighted by Crippen LogP contribution is -2.18. The second-order valence-electron chi connectivity index (χ2n) is 3.21. The summed E-state index contributed by atoms with van der Waals surface area (Å²) in [5.74, 6) is -1.15. The largest absolute Gasteiger partial charge is 0.462 e. The van der Waals surface area contributed by atoms with E-state index in [1.165, 1.54) is 13.0 Å². The van der Waals surface area contributed by atoms with Crippen LogP contribution in [0.25, 0.3) is 0 Å². The average molecular weight is 275 g/mol. The Bertz CT molecular complexity index is 520. The molecule has 0 bridgehead atoms. The Balaban J connectivity index is 3.58. The van der Waals surface area contributed by atoms with E-state index in [1.807, 2.05) is 0 Å². The molecule has 0 amide bonds. The molecule has 0 saturated heterocycles. The van der Waals surface area contributed by atoms with Crippen LogP contribution in [-0.2, 0) is 10.9 Å². The molecule has 0 aliphatic rings. The first kappa shape index (κ1) is 14.4. The van der Waals surface area contributed by atoms with Crippen LogP contribution in [0.15, 0.2) is 17.0 Å². The van der Waals surface area contributed by atoms with Crippen LogP contribution in [-0.4, -0.2) is 12.6 Å². The van der Waals surface area contributed by atoms with E-state index in [9.17, 15) is 18.0 Å². The van der Waals surface area contributed by atoms with E-state index in [-0.39, 0.29) is 11.5 Å². The van der Waals surface area contributed by atoms with Crippen LogP contribution in [0.2, 0.25) is 0 Å². The van der Waals surface area contributed by atoms with Crippen LogP contribution < -0.4 is 0 Å². The van der Waals surface area contributed by atoms with Crippen LogP contribution in [0, 0.1) is 11.3 Å². The summed E-state index contributed by atoms with van der Waals surface area (Å²) < 4.78 is 43.2. The van der Waals surface area contributed by atoms with Crippen molar-refractivity contribution >= 4 is 18.6 Å². The SMILES string of the molecule is CCOC(=O)c1c(S)ccc(C#N)c1C(F)(F)F. The number of nitrogens with zero attached hydrogens (tertiary/aromatic N) is 1. The molecule has 0 spiro atoms. The molecule has 0 unspecified atom stereocenters. The molecule has 3 nitrogen and oxygen atoms in total. The zero-order valence-corrected chi connectivity index (χ0v) is 10.1. The van der Waals surface area contributed by atoms with Gasteiger partial charge in [0.05, 0.1) is 29.4 Å². The normalized spacial score (nSPS) is 10.9. The summed E-state index contributed by atoms with van der Waals surface area (Å²) >= 11 is 3.81. The number of thiol groups is 1. The zero-order chi connectivity index (χ0) is 13.9. The minimum absolute atomic E-state index is 0.0693. The smallest absolute Gasteiger partial charge is 0.418 e. The number of alkyl halides is 3. The van der Waals surface area contributed by atoms with Crippen molar-refractivity contribution in [2.45, 2.75) is 18.0 Å². The maximum absolute atomic E-state index is 12.9. The fraction of sp³-hybridized carbons (Fsp3) is 0.273. The fourth-order valence-electron chi connectivity index (χ4n) is 1.39. The summed E-state index contributed by atoms with van der Waals surface area (Å²) in [6.07, 6.45) is -4.83. The van der Waals surface area contributed by atoms with E-state index >= 15 is 0 Å². The van der Waals surface area contributed by atoms with Crippen molar-refractivity contribution in [1.82, 2.24) is 0 Å². The number of hydrogen-bond donors (Lipinski definition) is 1. The van der Waals surface area contributed by atoms with E-state index in [0.29, 0.717) is 0 Å². The Morgan fingerprint density at radius 3 is 2.56 bits per heavy atom. The number of carbonyl (C=O) groups excluding carboxylic acids is 1. The highest BCUT2D eigenvalue weighted by atomic mass is 32.1. The van der Waals surface area contributed by atoms with E-state index in [1.54, 1.807) is 0 Å². The molecule has 1 aromatic carbocycles. The lowest BCUT2D eigenvalue weighted by Gasteiger charge is -2.15. The van der Waals surface area contributed by atoms with E-state index in [0.717, 1.165) is 12.1 Å². The van der Waals surface area contributed by atoms with E-state index in [4.69, 9.17) is 5.26 Å². The second kappa shape index (κ2) is 5.31. The van der Waals surface area contributed by atoms with Crippen molar-refractivity contribution in [3.63, 3.8) is 0 Å². The molecule has 96 valence electrons. The summed E-state index contributed by atoms with van der Waals surface area (Å²) in [5.41, 5.74) is -2.67. The molecule has 0 fully saturated rings. The number of esters is 1. The summed E-state index contributed by atoms with van der Waals surface area (Å²) in [5, 5.41) is 8.68. The Labute approximate surface area is 107 Å². The van der Waals surface area contributed by atoms with Gasteiger partial charge >= 0.3 is 12.1 Å².